The van der Waals surface area contributed by atoms with Crippen molar-refractivity contribution in [1.29, 1.82) is 0 Å². The van der Waals surface area contributed by atoms with Gasteiger partial charge in [-0.2, -0.15) is 0 Å². The van der Waals surface area contributed by atoms with Crippen molar-refractivity contribution in [3.8, 4) is 5.75 Å². The zero-order valence-corrected chi connectivity index (χ0v) is 16.8. The van der Waals surface area contributed by atoms with E-state index in [2.05, 4.69) is 45.4 Å². The van der Waals surface area contributed by atoms with Crippen molar-refractivity contribution in [2.45, 2.75) is 19.8 Å². The lowest BCUT2D eigenvalue weighted by atomic mass is 10.0. The number of nitrogens with one attached hydrogen (secondary N) is 1. The molecule has 1 aromatic heterocycles. The normalized spacial score (nSPS) is 13.6. The highest BCUT2D eigenvalue weighted by Gasteiger charge is 2.09. The lowest BCUT2D eigenvalue weighted by Gasteiger charge is -2.22. The lowest BCUT2D eigenvalue weighted by molar-refractivity contribution is 0.402. The first kappa shape index (κ1) is 19.0. The van der Waals surface area contributed by atoms with Gasteiger partial charge in [0.15, 0.2) is 0 Å². The van der Waals surface area contributed by atoms with Gasteiger partial charge in [-0.15, -0.1) is 0 Å². The number of benzene rings is 2. The zero-order valence-electron chi connectivity index (χ0n) is 16.8. The topological polar surface area (TPSA) is 58.2 Å². The molecule has 0 aliphatic carbocycles. The number of para-hydroxylation sites is 1. The molecular weight excluding hydrogens is 362 g/mol. The second-order valence-corrected chi connectivity index (χ2v) is 7.29. The Balaban J connectivity index is 1.35. The summed E-state index contributed by atoms with van der Waals surface area (Å²) in [5, 5.41) is 0.656. The standard InChI is InChI=1S/C24H25N3O2/c1-17-5-3-6-21-23(17)25-22(26-24(21)28)7-4-14-27-15-12-19(13-16-27)18-8-10-20(29-2)11-9-18/h3,5-6,8-13,15H,4,7,14,16H2,1-2H3,(H,25,26,28). The van der Waals surface area contributed by atoms with Crippen LogP contribution in [0.15, 0.2) is 65.6 Å². The fourth-order valence-electron chi connectivity index (χ4n) is 3.61. The van der Waals surface area contributed by atoms with Gasteiger partial charge in [0.2, 0.25) is 0 Å². The Labute approximate surface area is 170 Å². The summed E-state index contributed by atoms with van der Waals surface area (Å²) >= 11 is 0. The Morgan fingerprint density at radius 2 is 2.00 bits per heavy atom. The molecule has 1 N–H and O–H groups in total. The van der Waals surface area contributed by atoms with Crippen molar-refractivity contribution in [2.24, 2.45) is 0 Å². The molecule has 5 heteroatoms. The number of aryl methyl sites for hydroxylation is 2. The molecule has 1 aliphatic rings. The average Bonchev–Trinajstić information content (AvgIpc) is 2.75. The number of nitrogens with zero attached hydrogens (tertiary/aromatic N) is 2. The van der Waals surface area contributed by atoms with Crippen molar-refractivity contribution < 1.29 is 4.74 Å². The van der Waals surface area contributed by atoms with E-state index in [1.54, 1.807) is 7.11 Å². The quantitative estimate of drug-likeness (QED) is 0.692. The van der Waals surface area contributed by atoms with E-state index in [0.29, 0.717) is 5.39 Å². The van der Waals surface area contributed by atoms with Gasteiger partial charge in [0.25, 0.3) is 5.56 Å². The van der Waals surface area contributed by atoms with E-state index in [9.17, 15) is 4.79 Å². The molecule has 4 rings (SSSR count). The van der Waals surface area contributed by atoms with Gasteiger partial charge in [0.1, 0.15) is 11.6 Å². The number of rotatable bonds is 6. The Morgan fingerprint density at radius 3 is 2.72 bits per heavy atom. The van der Waals surface area contributed by atoms with Gasteiger partial charge in [-0.3, -0.25) is 4.79 Å². The summed E-state index contributed by atoms with van der Waals surface area (Å²) in [7, 11) is 1.68. The highest BCUT2D eigenvalue weighted by molar-refractivity contribution is 5.80. The zero-order chi connectivity index (χ0) is 20.2. The smallest absolute Gasteiger partial charge is 0.258 e. The van der Waals surface area contributed by atoms with Crippen LogP contribution in [0.4, 0.5) is 0 Å². The van der Waals surface area contributed by atoms with Crippen LogP contribution in [-0.4, -0.2) is 35.1 Å². The van der Waals surface area contributed by atoms with Gasteiger partial charge < -0.3 is 14.6 Å². The predicted octanol–water partition coefficient (Wildman–Crippen LogP) is 4.09. The second kappa shape index (κ2) is 8.35. The highest BCUT2D eigenvalue weighted by Crippen LogP contribution is 2.22. The molecule has 3 aromatic rings. The summed E-state index contributed by atoms with van der Waals surface area (Å²) in [5.74, 6) is 1.62. The van der Waals surface area contributed by atoms with Crippen molar-refractivity contribution in [1.82, 2.24) is 14.9 Å². The van der Waals surface area contributed by atoms with E-state index in [-0.39, 0.29) is 5.56 Å². The maximum atomic E-state index is 12.3. The molecule has 0 spiro atoms. The molecule has 148 valence electrons. The molecule has 5 nitrogen and oxygen atoms in total. The Morgan fingerprint density at radius 1 is 1.17 bits per heavy atom. The molecule has 0 amide bonds. The summed E-state index contributed by atoms with van der Waals surface area (Å²) in [6.45, 7) is 3.78. The van der Waals surface area contributed by atoms with Crippen LogP contribution in [0, 0.1) is 6.92 Å². The van der Waals surface area contributed by atoms with Crippen molar-refractivity contribution in [3.63, 3.8) is 0 Å². The average molecular weight is 387 g/mol. The molecular formula is C24H25N3O2. The summed E-state index contributed by atoms with van der Waals surface area (Å²) in [4.78, 5) is 22.2. The molecule has 0 fully saturated rings. The van der Waals surface area contributed by atoms with Crippen LogP contribution in [-0.2, 0) is 6.42 Å². The molecule has 0 saturated carbocycles. The predicted molar refractivity (Wildman–Crippen MR) is 117 cm³/mol. The number of H-pyrrole nitrogens is 1. The molecule has 0 bridgehead atoms. The van der Waals surface area contributed by atoms with E-state index < -0.39 is 0 Å². The van der Waals surface area contributed by atoms with Crippen LogP contribution in [0.5, 0.6) is 5.75 Å². The van der Waals surface area contributed by atoms with Crippen LogP contribution in [0.1, 0.15) is 23.4 Å². The first-order valence-corrected chi connectivity index (χ1v) is 9.89. The molecule has 0 saturated heterocycles. The van der Waals surface area contributed by atoms with E-state index in [4.69, 9.17) is 4.74 Å². The van der Waals surface area contributed by atoms with Crippen LogP contribution < -0.4 is 10.3 Å². The first-order chi connectivity index (χ1) is 14.1. The summed E-state index contributed by atoms with van der Waals surface area (Å²) in [6.07, 6.45) is 8.20. The maximum Gasteiger partial charge on any atom is 0.258 e. The van der Waals surface area contributed by atoms with Crippen LogP contribution in [0.2, 0.25) is 0 Å². The number of aromatic amines is 1. The Kier molecular flexibility index (Phi) is 5.47. The molecule has 1 aliphatic heterocycles. The molecule has 0 radical (unpaired) electrons. The molecule has 0 atom stereocenters. The number of hydrogen-bond acceptors (Lipinski definition) is 4. The lowest BCUT2D eigenvalue weighted by Crippen LogP contribution is -2.22. The summed E-state index contributed by atoms with van der Waals surface area (Å²) in [5.41, 5.74) is 4.19. The third kappa shape index (κ3) is 4.24. The molecule has 29 heavy (non-hydrogen) atoms. The summed E-state index contributed by atoms with van der Waals surface area (Å²) in [6, 6.07) is 13.8. The van der Waals surface area contributed by atoms with E-state index >= 15 is 0 Å². The van der Waals surface area contributed by atoms with Gasteiger partial charge >= 0.3 is 0 Å². The number of aromatic nitrogens is 2. The van der Waals surface area contributed by atoms with Crippen molar-refractivity contribution >= 4 is 16.5 Å². The SMILES string of the molecule is COc1ccc(C2=CCN(CCCc3nc4c(C)cccc4c(=O)[nH]3)C=C2)cc1. The van der Waals surface area contributed by atoms with Gasteiger partial charge in [-0.1, -0.05) is 30.3 Å². The number of methoxy groups -OCH3 is 1. The van der Waals surface area contributed by atoms with E-state index in [1.807, 2.05) is 37.3 Å². The number of hydrogen-bond donors (Lipinski definition) is 1. The third-order valence-electron chi connectivity index (χ3n) is 5.28. The maximum absolute atomic E-state index is 12.3. The van der Waals surface area contributed by atoms with Crippen molar-refractivity contribution in [3.05, 3.63) is 88.1 Å². The number of fused-ring (bicyclic) bond motifs is 1. The largest absolute Gasteiger partial charge is 0.497 e. The van der Waals surface area contributed by atoms with E-state index in [1.165, 1.54) is 11.1 Å². The van der Waals surface area contributed by atoms with Gasteiger partial charge in [-0.25, -0.2) is 4.98 Å². The molecule has 2 heterocycles. The Hall–Kier alpha value is -3.34. The van der Waals surface area contributed by atoms with E-state index in [0.717, 1.165) is 48.6 Å². The van der Waals surface area contributed by atoms with Crippen LogP contribution in [0.25, 0.3) is 16.5 Å². The minimum Gasteiger partial charge on any atom is -0.497 e. The fraction of sp³-hybridized carbons (Fsp3) is 0.250. The van der Waals surface area contributed by atoms with Gasteiger partial charge in [0.05, 0.1) is 18.0 Å². The second-order valence-electron chi connectivity index (χ2n) is 7.29. The number of ether oxygens (including phenoxy) is 1. The minimum absolute atomic E-state index is 0.0568. The third-order valence-corrected chi connectivity index (χ3v) is 5.28. The minimum atomic E-state index is -0.0568. The Bertz CT molecular complexity index is 1130. The van der Waals surface area contributed by atoms with Crippen molar-refractivity contribution in [2.75, 3.05) is 20.2 Å². The first-order valence-electron chi connectivity index (χ1n) is 9.89. The molecule has 2 aromatic carbocycles. The monoisotopic (exact) mass is 387 g/mol. The van der Waals surface area contributed by atoms with Gasteiger partial charge in [-0.05, 0) is 60.5 Å². The highest BCUT2D eigenvalue weighted by atomic mass is 16.5. The van der Waals surface area contributed by atoms with Crippen LogP contribution in [0.3, 0.4) is 0 Å². The van der Waals surface area contributed by atoms with Gasteiger partial charge in [0, 0.05) is 19.5 Å². The summed E-state index contributed by atoms with van der Waals surface area (Å²) < 4.78 is 5.22. The fourth-order valence-corrected chi connectivity index (χ4v) is 3.61. The molecule has 0 unspecified atom stereocenters. The number of allylic oxidation sites excluding steroid dienone is 2. The van der Waals surface area contributed by atoms with Crippen LogP contribution >= 0.6 is 0 Å².